The van der Waals surface area contributed by atoms with Crippen LogP contribution in [0.2, 0.25) is 0 Å². The van der Waals surface area contributed by atoms with Crippen molar-refractivity contribution < 1.29 is 14.1 Å². The Kier molecular flexibility index (Phi) is 5.15. The van der Waals surface area contributed by atoms with E-state index in [2.05, 4.69) is 25.8 Å². The van der Waals surface area contributed by atoms with E-state index in [9.17, 15) is 4.79 Å². The summed E-state index contributed by atoms with van der Waals surface area (Å²) in [6, 6.07) is 20.1. The van der Waals surface area contributed by atoms with Crippen molar-refractivity contribution in [3.63, 3.8) is 0 Å². The minimum Gasteiger partial charge on any atom is -0.457 e. The number of amides is 1. The van der Waals surface area contributed by atoms with E-state index in [-0.39, 0.29) is 5.69 Å². The second kappa shape index (κ2) is 8.22. The van der Waals surface area contributed by atoms with Gasteiger partial charge >= 0.3 is 0 Å². The summed E-state index contributed by atoms with van der Waals surface area (Å²) in [7, 11) is 0. The van der Waals surface area contributed by atoms with Crippen LogP contribution in [0.15, 0.2) is 77.6 Å². The smallest absolute Gasteiger partial charge is 0.275 e. The Morgan fingerprint density at radius 1 is 0.931 bits per heavy atom. The van der Waals surface area contributed by atoms with Crippen molar-refractivity contribution in [3.8, 4) is 11.5 Å². The van der Waals surface area contributed by atoms with Gasteiger partial charge in [0.25, 0.3) is 5.91 Å². The number of nitrogens with one attached hydrogen (secondary N) is 2. The first-order valence-corrected chi connectivity index (χ1v) is 8.82. The number of para-hydroxylation sites is 1. The summed E-state index contributed by atoms with van der Waals surface area (Å²) in [5.41, 5.74) is 0.995. The van der Waals surface area contributed by atoms with Gasteiger partial charge in [0.15, 0.2) is 5.82 Å². The van der Waals surface area contributed by atoms with E-state index in [1.165, 1.54) is 6.33 Å². The maximum Gasteiger partial charge on any atom is 0.275 e. The summed E-state index contributed by atoms with van der Waals surface area (Å²) in [6.45, 7) is 1.74. The molecule has 8 heteroatoms. The Balaban J connectivity index is 1.41. The molecule has 0 aliphatic carbocycles. The molecule has 0 atom stereocenters. The lowest BCUT2D eigenvalue weighted by Crippen LogP contribution is -2.14. The molecule has 2 aromatic heterocycles. The van der Waals surface area contributed by atoms with Crippen LogP contribution in [0.4, 0.5) is 17.3 Å². The summed E-state index contributed by atoms with van der Waals surface area (Å²) < 4.78 is 10.7. The third-order valence-electron chi connectivity index (χ3n) is 3.87. The number of hydrogen-bond acceptors (Lipinski definition) is 7. The van der Waals surface area contributed by atoms with Gasteiger partial charge in [0, 0.05) is 17.8 Å². The maximum atomic E-state index is 12.3. The van der Waals surface area contributed by atoms with E-state index in [4.69, 9.17) is 9.26 Å². The molecule has 1 amide bonds. The quantitative estimate of drug-likeness (QED) is 0.500. The zero-order valence-electron chi connectivity index (χ0n) is 15.5. The first-order chi connectivity index (χ1) is 14.2. The largest absolute Gasteiger partial charge is 0.457 e. The normalized spacial score (nSPS) is 10.4. The van der Waals surface area contributed by atoms with Gasteiger partial charge in [-0.05, 0) is 43.3 Å². The van der Waals surface area contributed by atoms with E-state index < -0.39 is 5.91 Å². The molecule has 144 valence electrons. The van der Waals surface area contributed by atoms with Gasteiger partial charge in [0.05, 0.1) is 0 Å². The zero-order chi connectivity index (χ0) is 20.1. The molecule has 0 aliphatic heterocycles. The van der Waals surface area contributed by atoms with Crippen molar-refractivity contribution in [3.05, 3.63) is 84.5 Å². The summed E-state index contributed by atoms with van der Waals surface area (Å²) in [5, 5.41) is 9.49. The monoisotopic (exact) mass is 387 g/mol. The van der Waals surface area contributed by atoms with Gasteiger partial charge in [0.2, 0.25) is 0 Å². The molecule has 29 heavy (non-hydrogen) atoms. The Hall–Kier alpha value is -4.20. The van der Waals surface area contributed by atoms with E-state index in [0.717, 1.165) is 11.4 Å². The number of nitrogens with zero attached hydrogens (tertiary/aromatic N) is 3. The fraction of sp³-hybridized carbons (Fsp3) is 0.0476. The second-order valence-corrected chi connectivity index (χ2v) is 6.13. The van der Waals surface area contributed by atoms with Crippen molar-refractivity contribution in [2.45, 2.75) is 6.92 Å². The van der Waals surface area contributed by atoms with Crippen molar-refractivity contribution in [1.29, 1.82) is 0 Å². The Labute approximate surface area is 166 Å². The summed E-state index contributed by atoms with van der Waals surface area (Å²) >= 11 is 0. The fourth-order valence-corrected chi connectivity index (χ4v) is 2.53. The number of aryl methyl sites for hydroxylation is 1. The van der Waals surface area contributed by atoms with Crippen LogP contribution < -0.4 is 15.4 Å². The van der Waals surface area contributed by atoms with Crippen molar-refractivity contribution in [2.24, 2.45) is 0 Å². The van der Waals surface area contributed by atoms with E-state index in [0.29, 0.717) is 23.1 Å². The Morgan fingerprint density at radius 3 is 2.41 bits per heavy atom. The second-order valence-electron chi connectivity index (χ2n) is 6.13. The summed E-state index contributed by atoms with van der Waals surface area (Å²) in [6.07, 6.45) is 1.32. The van der Waals surface area contributed by atoms with Crippen molar-refractivity contribution >= 4 is 23.2 Å². The van der Waals surface area contributed by atoms with Gasteiger partial charge in [0.1, 0.15) is 35.1 Å². The molecule has 0 saturated heterocycles. The third kappa shape index (κ3) is 4.75. The van der Waals surface area contributed by atoms with Crippen molar-refractivity contribution in [2.75, 3.05) is 10.6 Å². The average Bonchev–Trinajstić information content (AvgIpc) is 3.15. The standard InChI is InChI=1S/C21H17N5O3/c1-14-11-20(26-29-14)25-21(27)18-12-19(23-13-22-18)24-15-7-9-17(10-8-15)28-16-5-3-2-4-6-16/h2-13H,1H3,(H,22,23,24)(H,25,26,27). The van der Waals surface area contributed by atoms with Gasteiger partial charge in [-0.25, -0.2) is 9.97 Å². The van der Waals surface area contributed by atoms with Crippen LogP contribution >= 0.6 is 0 Å². The molecular weight excluding hydrogens is 370 g/mol. The van der Waals surface area contributed by atoms with Crippen LogP contribution in [0, 0.1) is 6.92 Å². The molecule has 0 unspecified atom stereocenters. The SMILES string of the molecule is Cc1cc(NC(=O)c2cc(Nc3ccc(Oc4ccccc4)cc3)ncn2)no1. The highest BCUT2D eigenvalue weighted by Crippen LogP contribution is 2.24. The lowest BCUT2D eigenvalue weighted by atomic mass is 10.3. The highest BCUT2D eigenvalue weighted by molar-refractivity contribution is 6.02. The number of aromatic nitrogens is 3. The van der Waals surface area contributed by atoms with Crippen LogP contribution in [0.5, 0.6) is 11.5 Å². The minimum absolute atomic E-state index is 0.201. The molecule has 0 fully saturated rings. The highest BCUT2D eigenvalue weighted by Gasteiger charge is 2.11. The fourth-order valence-electron chi connectivity index (χ4n) is 2.53. The van der Waals surface area contributed by atoms with Gasteiger partial charge in [-0.15, -0.1) is 0 Å². The Morgan fingerprint density at radius 2 is 1.69 bits per heavy atom. The maximum absolute atomic E-state index is 12.3. The topological polar surface area (TPSA) is 102 Å². The molecule has 2 aromatic carbocycles. The molecule has 0 radical (unpaired) electrons. The van der Waals surface area contributed by atoms with Crippen LogP contribution in [-0.2, 0) is 0 Å². The number of hydrogen-bond donors (Lipinski definition) is 2. The van der Waals surface area contributed by atoms with E-state index >= 15 is 0 Å². The predicted molar refractivity (Wildman–Crippen MR) is 107 cm³/mol. The molecule has 4 rings (SSSR count). The molecule has 0 bridgehead atoms. The first-order valence-electron chi connectivity index (χ1n) is 8.82. The van der Waals surface area contributed by atoms with Gasteiger partial charge < -0.3 is 19.9 Å². The number of benzene rings is 2. The zero-order valence-corrected chi connectivity index (χ0v) is 15.5. The van der Waals surface area contributed by atoms with E-state index in [1.807, 2.05) is 54.6 Å². The molecule has 2 N–H and O–H groups in total. The van der Waals surface area contributed by atoms with E-state index in [1.54, 1.807) is 19.1 Å². The summed E-state index contributed by atoms with van der Waals surface area (Å²) in [4.78, 5) is 20.5. The number of ether oxygens (including phenoxy) is 1. The predicted octanol–water partition coefficient (Wildman–Crippen LogP) is 4.56. The minimum atomic E-state index is -0.407. The van der Waals surface area contributed by atoms with Crippen LogP contribution in [0.25, 0.3) is 0 Å². The molecular formula is C21H17N5O3. The van der Waals surface area contributed by atoms with Gasteiger partial charge in [-0.1, -0.05) is 23.4 Å². The number of carbonyl (C=O) groups excluding carboxylic acids is 1. The molecule has 0 aliphatic rings. The molecule has 8 nitrogen and oxygen atoms in total. The summed E-state index contributed by atoms with van der Waals surface area (Å²) in [5.74, 6) is 2.49. The third-order valence-corrected chi connectivity index (χ3v) is 3.87. The highest BCUT2D eigenvalue weighted by atomic mass is 16.5. The lowest BCUT2D eigenvalue weighted by Gasteiger charge is -2.09. The molecule has 0 saturated carbocycles. The van der Waals surface area contributed by atoms with Crippen LogP contribution in [-0.4, -0.2) is 21.0 Å². The number of anilines is 3. The van der Waals surface area contributed by atoms with Crippen LogP contribution in [0.3, 0.4) is 0 Å². The molecule has 0 spiro atoms. The van der Waals surface area contributed by atoms with Crippen molar-refractivity contribution in [1.82, 2.24) is 15.1 Å². The molecule has 2 heterocycles. The first kappa shape index (κ1) is 18.2. The number of carbonyl (C=O) groups is 1. The average molecular weight is 387 g/mol. The number of rotatable bonds is 6. The van der Waals surface area contributed by atoms with Gasteiger partial charge in [-0.3, -0.25) is 4.79 Å². The molecule has 4 aromatic rings. The lowest BCUT2D eigenvalue weighted by molar-refractivity contribution is 0.102. The van der Waals surface area contributed by atoms with Gasteiger partial charge in [-0.2, -0.15) is 0 Å². The van der Waals surface area contributed by atoms with Crippen LogP contribution in [0.1, 0.15) is 16.2 Å². The Bertz CT molecular complexity index is 1110.